The van der Waals surface area contributed by atoms with Crippen LogP contribution in [0.5, 0.6) is 0 Å². The molecule has 0 aliphatic carbocycles. The van der Waals surface area contributed by atoms with Gasteiger partial charge < -0.3 is 15.9 Å². The summed E-state index contributed by atoms with van der Waals surface area (Å²) in [6.45, 7) is 1.43. The van der Waals surface area contributed by atoms with E-state index in [4.69, 9.17) is 5.73 Å². The third kappa shape index (κ3) is 4.28. The summed E-state index contributed by atoms with van der Waals surface area (Å²) in [5.41, 5.74) is 7.87. The van der Waals surface area contributed by atoms with Gasteiger partial charge in [-0.3, -0.25) is 4.79 Å². The minimum atomic E-state index is -1.02. The monoisotopic (exact) mass is 324 g/mol. The number of hydrogen-bond acceptors (Lipinski definition) is 7. The van der Waals surface area contributed by atoms with Crippen molar-refractivity contribution in [2.24, 2.45) is 0 Å². The van der Waals surface area contributed by atoms with E-state index in [0.29, 0.717) is 10.7 Å². The van der Waals surface area contributed by atoms with E-state index >= 15 is 0 Å². The van der Waals surface area contributed by atoms with Crippen LogP contribution in [0.2, 0.25) is 0 Å². The van der Waals surface area contributed by atoms with Gasteiger partial charge in [0.05, 0.1) is 11.8 Å². The fourth-order valence-electron chi connectivity index (χ4n) is 1.79. The number of nitrogens with zero attached hydrogens (tertiary/aromatic N) is 1. The molecule has 5 nitrogen and oxygen atoms in total. The molecule has 7 heteroatoms. The highest BCUT2D eigenvalue weighted by atomic mass is 32.2. The summed E-state index contributed by atoms with van der Waals surface area (Å²) in [4.78, 5) is 15.0. The second kappa shape index (κ2) is 7.04. The lowest BCUT2D eigenvalue weighted by Gasteiger charge is -2.17. The molecule has 0 bridgehead atoms. The number of nitrogens with two attached hydrogens (primary N) is 1. The molecule has 0 spiro atoms. The molecule has 2 unspecified atom stereocenters. The first-order valence-electron chi connectivity index (χ1n) is 6.28. The molecule has 0 saturated carbocycles. The number of carbonyl (C=O) groups is 1. The Balaban J connectivity index is 2.06. The van der Waals surface area contributed by atoms with Gasteiger partial charge in [-0.2, -0.15) is 0 Å². The first kappa shape index (κ1) is 16.0. The Morgan fingerprint density at radius 1 is 1.38 bits per heavy atom. The van der Waals surface area contributed by atoms with Crippen molar-refractivity contribution in [3.63, 3.8) is 0 Å². The van der Waals surface area contributed by atoms with Crippen molar-refractivity contribution >= 4 is 33.3 Å². The maximum absolute atomic E-state index is 10.9. The maximum Gasteiger partial charge on any atom is 0.185 e. The predicted octanol–water partition coefficient (Wildman–Crippen LogP) is 2.07. The summed E-state index contributed by atoms with van der Waals surface area (Å²) >= 11 is 2.36. The molecular weight excluding hydrogens is 308 g/mol. The molecule has 1 aromatic carbocycles. The molecule has 0 amide bonds. The van der Waals surface area contributed by atoms with Crippen LogP contribution in [-0.4, -0.2) is 32.2 Å². The number of aromatic nitrogens is 1. The highest BCUT2D eigenvalue weighted by Gasteiger charge is 2.19. The van der Waals surface area contributed by atoms with E-state index in [2.05, 4.69) is 4.98 Å². The molecule has 112 valence electrons. The summed E-state index contributed by atoms with van der Waals surface area (Å²) in [5, 5.41) is 22.2. The van der Waals surface area contributed by atoms with E-state index in [0.717, 1.165) is 23.0 Å². The smallest absolute Gasteiger partial charge is 0.185 e. The molecule has 2 rings (SSSR count). The van der Waals surface area contributed by atoms with Crippen molar-refractivity contribution in [2.45, 2.75) is 19.1 Å². The molecule has 0 fully saturated rings. The van der Waals surface area contributed by atoms with Gasteiger partial charge in [0.25, 0.3) is 0 Å². The van der Waals surface area contributed by atoms with Crippen LogP contribution in [0.1, 0.15) is 18.6 Å². The molecule has 2 aromatic rings. The predicted molar refractivity (Wildman–Crippen MR) is 86.1 cm³/mol. The minimum absolute atomic E-state index is 0.0854. The molecular formula is C14H16N2O3S2. The van der Waals surface area contributed by atoms with Crippen molar-refractivity contribution in [1.29, 1.82) is 0 Å². The van der Waals surface area contributed by atoms with Crippen molar-refractivity contribution < 1.29 is 15.0 Å². The van der Waals surface area contributed by atoms with Crippen molar-refractivity contribution in [3.8, 4) is 11.3 Å². The maximum atomic E-state index is 10.9. The van der Waals surface area contributed by atoms with Gasteiger partial charge in [0.15, 0.2) is 10.2 Å². The number of benzene rings is 1. The number of thioether (sulfide) groups is 1. The van der Waals surface area contributed by atoms with E-state index in [9.17, 15) is 15.0 Å². The van der Waals surface area contributed by atoms with Crippen molar-refractivity contribution in [2.75, 3.05) is 11.5 Å². The molecule has 0 aliphatic heterocycles. The second-order valence-corrected chi connectivity index (χ2v) is 6.59. The number of nitrogen functional groups attached to an aromatic ring is 1. The summed E-state index contributed by atoms with van der Waals surface area (Å²) in [5.74, 6) is 0.168. The molecule has 0 aliphatic rings. The molecule has 21 heavy (non-hydrogen) atoms. The average Bonchev–Trinajstić information content (AvgIpc) is 2.90. The average molecular weight is 324 g/mol. The summed E-state index contributed by atoms with van der Waals surface area (Å²) in [6.07, 6.45) is -2.01. The van der Waals surface area contributed by atoms with Gasteiger partial charge in [0.2, 0.25) is 0 Å². The fraction of sp³-hybridized carbons (Fsp3) is 0.286. The Bertz CT molecular complexity index is 613. The number of rotatable bonds is 5. The first-order chi connectivity index (χ1) is 9.97. The Hall–Kier alpha value is -1.41. The summed E-state index contributed by atoms with van der Waals surface area (Å²) in [7, 11) is 0. The lowest BCUT2D eigenvalue weighted by molar-refractivity contribution is -0.109. The van der Waals surface area contributed by atoms with Gasteiger partial charge in [-0.15, -0.1) is 11.3 Å². The van der Waals surface area contributed by atoms with Crippen LogP contribution in [0.4, 0.5) is 5.13 Å². The molecule has 0 saturated heterocycles. The quantitative estimate of drug-likeness (QED) is 0.779. The van der Waals surface area contributed by atoms with Crippen LogP contribution >= 0.6 is 23.1 Å². The van der Waals surface area contributed by atoms with Gasteiger partial charge >= 0.3 is 0 Å². The number of aliphatic hydroxyl groups is 2. The number of thiazole rings is 1. The van der Waals surface area contributed by atoms with Crippen LogP contribution in [0, 0.1) is 0 Å². The molecule has 1 aromatic heterocycles. The van der Waals surface area contributed by atoms with Gasteiger partial charge in [-0.05, 0) is 5.56 Å². The fourth-order valence-corrected chi connectivity index (χ4v) is 2.95. The topological polar surface area (TPSA) is 96.4 Å². The third-order valence-electron chi connectivity index (χ3n) is 2.89. The SMILES string of the molecule is CC(=O)SCC(O)C(O)c1ccc(-c2csc(N)n2)cc1. The zero-order valence-electron chi connectivity index (χ0n) is 11.4. The number of anilines is 1. The standard InChI is InChI=1S/C14H16N2O3S2/c1-8(17)20-7-12(18)13(19)10-4-2-9(3-5-10)11-6-21-14(15)16-11/h2-6,12-13,18-19H,7H2,1H3,(H2,15,16). The summed E-state index contributed by atoms with van der Waals surface area (Å²) in [6, 6.07) is 7.10. The van der Waals surface area contributed by atoms with E-state index < -0.39 is 12.2 Å². The lowest BCUT2D eigenvalue weighted by Crippen LogP contribution is -2.21. The lowest BCUT2D eigenvalue weighted by atomic mass is 10.0. The van der Waals surface area contributed by atoms with Gasteiger partial charge in [0.1, 0.15) is 6.10 Å². The Morgan fingerprint density at radius 3 is 2.57 bits per heavy atom. The number of carbonyl (C=O) groups excluding carboxylic acids is 1. The normalized spacial score (nSPS) is 13.9. The molecule has 2 atom stereocenters. The van der Waals surface area contributed by atoms with Crippen LogP contribution < -0.4 is 5.73 Å². The highest BCUT2D eigenvalue weighted by molar-refractivity contribution is 8.13. The third-order valence-corrected chi connectivity index (χ3v) is 4.48. The number of hydrogen-bond donors (Lipinski definition) is 3. The largest absolute Gasteiger partial charge is 0.389 e. The van der Waals surface area contributed by atoms with E-state index in [-0.39, 0.29) is 10.9 Å². The molecule has 4 N–H and O–H groups in total. The van der Waals surface area contributed by atoms with E-state index in [1.54, 1.807) is 12.1 Å². The van der Waals surface area contributed by atoms with Crippen LogP contribution in [0.25, 0.3) is 11.3 Å². The highest BCUT2D eigenvalue weighted by Crippen LogP contribution is 2.26. The molecule has 0 radical (unpaired) electrons. The first-order valence-corrected chi connectivity index (χ1v) is 8.14. The van der Waals surface area contributed by atoms with Crippen LogP contribution in [0.3, 0.4) is 0 Å². The van der Waals surface area contributed by atoms with Gasteiger partial charge in [-0.1, -0.05) is 36.0 Å². The Morgan fingerprint density at radius 2 is 2.05 bits per heavy atom. The zero-order chi connectivity index (χ0) is 15.4. The minimum Gasteiger partial charge on any atom is -0.389 e. The van der Waals surface area contributed by atoms with Crippen molar-refractivity contribution in [3.05, 3.63) is 35.2 Å². The van der Waals surface area contributed by atoms with Crippen molar-refractivity contribution in [1.82, 2.24) is 4.98 Å². The zero-order valence-corrected chi connectivity index (χ0v) is 13.0. The molecule has 1 heterocycles. The van der Waals surface area contributed by atoms with Crippen LogP contribution in [-0.2, 0) is 4.79 Å². The van der Waals surface area contributed by atoms with Gasteiger partial charge in [-0.25, -0.2) is 4.98 Å². The Kier molecular flexibility index (Phi) is 5.35. The van der Waals surface area contributed by atoms with E-state index in [1.807, 2.05) is 17.5 Å². The Labute approximate surface area is 130 Å². The van der Waals surface area contributed by atoms with Gasteiger partial charge in [0, 0.05) is 23.6 Å². The van der Waals surface area contributed by atoms with E-state index in [1.165, 1.54) is 18.3 Å². The van der Waals surface area contributed by atoms with Crippen LogP contribution in [0.15, 0.2) is 29.6 Å². The summed E-state index contributed by atoms with van der Waals surface area (Å²) < 4.78 is 0. The number of aliphatic hydroxyl groups excluding tert-OH is 2. The second-order valence-electron chi connectivity index (χ2n) is 4.51.